The Kier molecular flexibility index (Phi) is 3.12. The first-order valence-electron chi connectivity index (χ1n) is 5.04. The van der Waals surface area contributed by atoms with Crippen LogP contribution in [0.5, 0.6) is 0 Å². The Labute approximate surface area is 94.0 Å². The van der Waals surface area contributed by atoms with Crippen LogP contribution in [0.3, 0.4) is 0 Å². The molecule has 0 aliphatic rings. The van der Waals surface area contributed by atoms with E-state index < -0.39 is 0 Å². The highest BCUT2D eigenvalue weighted by molar-refractivity contribution is 5.53. The summed E-state index contributed by atoms with van der Waals surface area (Å²) < 4.78 is 0. The fourth-order valence-electron chi connectivity index (χ4n) is 1.31. The smallest absolute Gasteiger partial charge is 0.227 e. The van der Waals surface area contributed by atoms with Gasteiger partial charge in [-0.15, -0.1) is 0 Å². The summed E-state index contributed by atoms with van der Waals surface area (Å²) in [5, 5.41) is 12.0. The molecule has 1 aromatic carbocycles. The number of rotatable bonds is 3. The lowest BCUT2D eigenvalue weighted by Crippen LogP contribution is -1.99. The Morgan fingerprint density at radius 1 is 1.19 bits per heavy atom. The van der Waals surface area contributed by atoms with Gasteiger partial charge < -0.3 is 10.4 Å². The molecule has 0 saturated heterocycles. The van der Waals surface area contributed by atoms with E-state index in [-0.39, 0.29) is 6.61 Å². The van der Waals surface area contributed by atoms with Crippen LogP contribution in [-0.4, -0.2) is 15.1 Å². The molecule has 4 nitrogen and oxygen atoms in total. The van der Waals surface area contributed by atoms with E-state index in [0.717, 1.165) is 5.69 Å². The second-order valence-electron chi connectivity index (χ2n) is 3.52. The largest absolute Gasteiger partial charge is 0.390 e. The van der Waals surface area contributed by atoms with Gasteiger partial charge >= 0.3 is 0 Å². The molecule has 0 bridgehead atoms. The fraction of sp³-hybridized carbons (Fsp3) is 0.167. The van der Waals surface area contributed by atoms with E-state index in [2.05, 4.69) is 15.3 Å². The van der Waals surface area contributed by atoms with E-state index in [0.29, 0.717) is 11.6 Å². The van der Waals surface area contributed by atoms with Crippen molar-refractivity contribution >= 4 is 11.6 Å². The highest BCUT2D eigenvalue weighted by Gasteiger charge is 1.98. The van der Waals surface area contributed by atoms with Gasteiger partial charge in [0.1, 0.15) is 0 Å². The molecule has 4 heteroatoms. The number of nitrogens with zero attached hydrogens (tertiary/aromatic N) is 2. The van der Waals surface area contributed by atoms with Crippen molar-refractivity contribution in [2.24, 2.45) is 0 Å². The minimum absolute atomic E-state index is 0.0783. The number of hydrogen-bond acceptors (Lipinski definition) is 4. The maximum Gasteiger partial charge on any atom is 0.227 e. The zero-order valence-electron chi connectivity index (χ0n) is 9.01. The summed E-state index contributed by atoms with van der Waals surface area (Å²) in [6.07, 6.45) is 1.62. The molecule has 2 aromatic rings. The Balaban J connectivity index is 2.16. The fourth-order valence-corrected chi connectivity index (χ4v) is 1.31. The molecule has 1 heterocycles. The topological polar surface area (TPSA) is 58.0 Å². The van der Waals surface area contributed by atoms with Gasteiger partial charge in [-0.3, -0.25) is 0 Å². The predicted octanol–water partition coefficient (Wildman–Crippen LogP) is 2.02. The third kappa shape index (κ3) is 2.55. The first-order valence-corrected chi connectivity index (χ1v) is 5.04. The normalized spacial score (nSPS) is 10.1. The van der Waals surface area contributed by atoms with Crippen molar-refractivity contribution in [3.63, 3.8) is 0 Å². The molecule has 0 fully saturated rings. The lowest BCUT2D eigenvalue weighted by atomic mass is 10.2. The zero-order valence-corrected chi connectivity index (χ0v) is 9.01. The average molecular weight is 215 g/mol. The second-order valence-corrected chi connectivity index (χ2v) is 3.52. The maximum absolute atomic E-state index is 8.95. The lowest BCUT2D eigenvalue weighted by molar-refractivity contribution is 0.277. The van der Waals surface area contributed by atoms with E-state index in [1.165, 1.54) is 5.56 Å². The Morgan fingerprint density at radius 3 is 2.62 bits per heavy atom. The molecule has 0 aliphatic carbocycles. The Hall–Kier alpha value is -1.94. The average Bonchev–Trinajstić information content (AvgIpc) is 2.32. The van der Waals surface area contributed by atoms with Crippen LogP contribution in [0.2, 0.25) is 0 Å². The predicted molar refractivity (Wildman–Crippen MR) is 62.4 cm³/mol. The van der Waals surface area contributed by atoms with Crippen LogP contribution in [-0.2, 0) is 6.61 Å². The molecule has 82 valence electrons. The van der Waals surface area contributed by atoms with Gasteiger partial charge in [0.25, 0.3) is 0 Å². The van der Waals surface area contributed by atoms with Crippen LogP contribution in [0, 0.1) is 6.92 Å². The van der Waals surface area contributed by atoms with Crippen molar-refractivity contribution in [1.29, 1.82) is 0 Å². The van der Waals surface area contributed by atoms with Crippen LogP contribution >= 0.6 is 0 Å². The maximum atomic E-state index is 8.95. The molecular formula is C12H13N3O. The number of aliphatic hydroxyl groups excluding tert-OH is 1. The molecular weight excluding hydrogens is 202 g/mol. The van der Waals surface area contributed by atoms with E-state index >= 15 is 0 Å². The van der Waals surface area contributed by atoms with Gasteiger partial charge in [0.2, 0.25) is 5.95 Å². The van der Waals surface area contributed by atoms with Crippen molar-refractivity contribution in [1.82, 2.24) is 9.97 Å². The van der Waals surface area contributed by atoms with Gasteiger partial charge in [0, 0.05) is 11.9 Å². The minimum atomic E-state index is -0.0783. The van der Waals surface area contributed by atoms with Gasteiger partial charge in [-0.1, -0.05) is 17.7 Å². The van der Waals surface area contributed by atoms with Crippen LogP contribution < -0.4 is 5.32 Å². The SMILES string of the molecule is Cc1ccc(Nc2nccc(CO)n2)cc1. The van der Waals surface area contributed by atoms with Gasteiger partial charge in [-0.05, 0) is 25.1 Å². The summed E-state index contributed by atoms with van der Waals surface area (Å²) in [5.74, 6) is 0.496. The highest BCUT2D eigenvalue weighted by Crippen LogP contribution is 2.13. The molecule has 0 radical (unpaired) electrons. The van der Waals surface area contributed by atoms with Crippen molar-refractivity contribution in [2.45, 2.75) is 13.5 Å². The van der Waals surface area contributed by atoms with Crippen LogP contribution in [0.15, 0.2) is 36.5 Å². The number of benzene rings is 1. The van der Waals surface area contributed by atoms with E-state index in [4.69, 9.17) is 5.11 Å². The summed E-state index contributed by atoms with van der Waals surface area (Å²) in [4.78, 5) is 8.21. The highest BCUT2D eigenvalue weighted by atomic mass is 16.3. The number of aromatic nitrogens is 2. The third-order valence-corrected chi connectivity index (χ3v) is 2.18. The number of nitrogens with one attached hydrogen (secondary N) is 1. The summed E-state index contributed by atoms with van der Waals surface area (Å²) in [6.45, 7) is 1.96. The minimum Gasteiger partial charge on any atom is -0.390 e. The molecule has 0 saturated carbocycles. The van der Waals surface area contributed by atoms with Crippen molar-refractivity contribution < 1.29 is 5.11 Å². The third-order valence-electron chi connectivity index (χ3n) is 2.18. The number of aliphatic hydroxyl groups is 1. The zero-order chi connectivity index (χ0) is 11.4. The molecule has 0 unspecified atom stereocenters. The number of aryl methyl sites for hydroxylation is 1. The van der Waals surface area contributed by atoms with Gasteiger partial charge in [0.05, 0.1) is 12.3 Å². The molecule has 2 N–H and O–H groups in total. The van der Waals surface area contributed by atoms with Crippen molar-refractivity contribution in [2.75, 3.05) is 5.32 Å². The Bertz CT molecular complexity index is 468. The summed E-state index contributed by atoms with van der Waals surface area (Å²) in [7, 11) is 0. The van der Waals surface area contributed by atoms with Crippen LogP contribution in [0.4, 0.5) is 11.6 Å². The first-order chi connectivity index (χ1) is 7.78. The van der Waals surface area contributed by atoms with Gasteiger partial charge in [-0.25, -0.2) is 9.97 Å². The quantitative estimate of drug-likeness (QED) is 0.822. The van der Waals surface area contributed by atoms with E-state index in [9.17, 15) is 0 Å². The van der Waals surface area contributed by atoms with E-state index in [1.54, 1.807) is 12.3 Å². The summed E-state index contributed by atoms with van der Waals surface area (Å²) in [6, 6.07) is 9.63. The molecule has 2 rings (SSSR count). The molecule has 0 aliphatic heterocycles. The molecule has 16 heavy (non-hydrogen) atoms. The summed E-state index contributed by atoms with van der Waals surface area (Å²) in [5.41, 5.74) is 2.74. The number of anilines is 2. The van der Waals surface area contributed by atoms with Gasteiger partial charge in [-0.2, -0.15) is 0 Å². The van der Waals surface area contributed by atoms with Crippen molar-refractivity contribution in [3.8, 4) is 0 Å². The van der Waals surface area contributed by atoms with Gasteiger partial charge in [0.15, 0.2) is 0 Å². The molecule has 0 atom stereocenters. The lowest BCUT2D eigenvalue weighted by Gasteiger charge is -2.05. The first kappa shape index (κ1) is 10.6. The molecule has 0 spiro atoms. The van der Waals surface area contributed by atoms with Crippen LogP contribution in [0.1, 0.15) is 11.3 Å². The second kappa shape index (κ2) is 4.72. The molecule has 0 amide bonds. The molecule has 1 aromatic heterocycles. The summed E-state index contributed by atoms with van der Waals surface area (Å²) >= 11 is 0. The standard InChI is InChI=1S/C12H13N3O/c1-9-2-4-10(5-3-9)14-12-13-7-6-11(8-16)15-12/h2-7,16H,8H2,1H3,(H,13,14,15). The Morgan fingerprint density at radius 2 is 1.94 bits per heavy atom. The van der Waals surface area contributed by atoms with E-state index in [1.807, 2.05) is 31.2 Å². The number of hydrogen-bond donors (Lipinski definition) is 2. The monoisotopic (exact) mass is 215 g/mol. The van der Waals surface area contributed by atoms with Crippen molar-refractivity contribution in [3.05, 3.63) is 47.8 Å². The van der Waals surface area contributed by atoms with Crippen LogP contribution in [0.25, 0.3) is 0 Å².